The number of aromatic nitrogens is 3. The fourth-order valence-corrected chi connectivity index (χ4v) is 4.85. The zero-order valence-corrected chi connectivity index (χ0v) is 20.6. The van der Waals surface area contributed by atoms with Gasteiger partial charge in [-0.15, -0.1) is 0 Å². The van der Waals surface area contributed by atoms with Crippen LogP contribution in [0.1, 0.15) is 35.6 Å². The summed E-state index contributed by atoms with van der Waals surface area (Å²) in [4.78, 5) is 19.4. The third-order valence-electron chi connectivity index (χ3n) is 6.73. The van der Waals surface area contributed by atoms with Gasteiger partial charge in [-0.1, -0.05) is 42.5 Å². The van der Waals surface area contributed by atoms with Crippen LogP contribution in [-0.2, 0) is 11.3 Å². The van der Waals surface area contributed by atoms with E-state index in [0.29, 0.717) is 24.0 Å². The summed E-state index contributed by atoms with van der Waals surface area (Å²) < 4.78 is 12.7. The first-order chi connectivity index (χ1) is 17.7. The van der Waals surface area contributed by atoms with Crippen LogP contribution in [0.5, 0.6) is 11.6 Å². The zero-order valence-electron chi connectivity index (χ0n) is 20.6. The quantitative estimate of drug-likeness (QED) is 0.350. The molecule has 4 aromatic rings. The smallest absolute Gasteiger partial charge is 0.246 e. The lowest BCUT2D eigenvalue weighted by Gasteiger charge is -2.32. The standard InChI is InChI=1S/C29H30N4O3/c1-35-24-12-10-21(11-13-24)19-33-26-16-17-30-29(36-2)28(26)25(31-33)14-15-27(34)32-18-6-9-23(20-32)22-7-4-3-5-8-22/h3-5,7-8,10-17,23H,6,9,18-20H2,1-2H3/t23-/m0/s1. The number of methoxy groups -OCH3 is 2. The Morgan fingerprint density at radius 2 is 1.86 bits per heavy atom. The van der Waals surface area contributed by atoms with Crippen molar-refractivity contribution in [3.05, 3.63) is 89.8 Å². The molecular formula is C29H30N4O3. The summed E-state index contributed by atoms with van der Waals surface area (Å²) in [7, 11) is 3.25. The Hall–Kier alpha value is -4.13. The normalized spacial score (nSPS) is 15.9. The predicted molar refractivity (Wildman–Crippen MR) is 140 cm³/mol. The molecule has 1 amide bonds. The maximum atomic E-state index is 13.1. The minimum Gasteiger partial charge on any atom is -0.497 e. The van der Waals surface area contributed by atoms with Gasteiger partial charge in [-0.3, -0.25) is 9.48 Å². The number of amides is 1. The second-order valence-corrected chi connectivity index (χ2v) is 8.97. The number of hydrogen-bond donors (Lipinski definition) is 0. The van der Waals surface area contributed by atoms with Crippen LogP contribution >= 0.6 is 0 Å². The van der Waals surface area contributed by atoms with Gasteiger partial charge in [-0.05, 0) is 48.2 Å². The molecule has 0 aliphatic carbocycles. The minimum absolute atomic E-state index is 0.00339. The van der Waals surface area contributed by atoms with Crippen molar-refractivity contribution in [2.45, 2.75) is 25.3 Å². The summed E-state index contributed by atoms with van der Waals surface area (Å²) in [5, 5.41) is 5.61. The van der Waals surface area contributed by atoms with Gasteiger partial charge < -0.3 is 14.4 Å². The lowest BCUT2D eigenvalue weighted by Crippen LogP contribution is -2.38. The highest BCUT2D eigenvalue weighted by molar-refractivity contribution is 5.97. The molecule has 0 unspecified atom stereocenters. The number of rotatable bonds is 7. The molecule has 7 heteroatoms. The summed E-state index contributed by atoms with van der Waals surface area (Å²) in [5.41, 5.74) is 3.93. The average molecular weight is 483 g/mol. The summed E-state index contributed by atoms with van der Waals surface area (Å²) in [5.74, 6) is 1.66. The first-order valence-corrected chi connectivity index (χ1v) is 12.2. The third kappa shape index (κ3) is 4.96. The van der Waals surface area contributed by atoms with E-state index < -0.39 is 0 Å². The molecule has 3 heterocycles. The van der Waals surface area contributed by atoms with Gasteiger partial charge in [0.2, 0.25) is 11.8 Å². The lowest BCUT2D eigenvalue weighted by molar-refractivity contribution is -0.127. The van der Waals surface area contributed by atoms with E-state index in [1.165, 1.54) is 5.56 Å². The summed E-state index contributed by atoms with van der Waals surface area (Å²) in [6.45, 7) is 2.06. The Labute approximate surface area is 211 Å². The number of piperidine rings is 1. The van der Waals surface area contributed by atoms with Gasteiger partial charge in [0.15, 0.2) is 0 Å². The van der Waals surface area contributed by atoms with Crippen LogP contribution in [0.15, 0.2) is 72.9 Å². The molecule has 2 aromatic heterocycles. The number of hydrogen-bond acceptors (Lipinski definition) is 5. The molecule has 1 saturated heterocycles. The molecule has 1 atom stereocenters. The van der Waals surface area contributed by atoms with E-state index >= 15 is 0 Å². The molecule has 2 aromatic carbocycles. The van der Waals surface area contributed by atoms with Crippen molar-refractivity contribution >= 4 is 22.9 Å². The number of pyridine rings is 1. The van der Waals surface area contributed by atoms with Gasteiger partial charge in [0, 0.05) is 31.3 Å². The van der Waals surface area contributed by atoms with Crippen LogP contribution in [0.25, 0.3) is 17.0 Å². The van der Waals surface area contributed by atoms with Gasteiger partial charge in [0.05, 0.1) is 37.4 Å². The van der Waals surface area contributed by atoms with E-state index in [2.05, 4.69) is 29.2 Å². The Kier molecular flexibility index (Phi) is 6.98. The number of carbonyl (C=O) groups excluding carboxylic acids is 1. The molecule has 1 fully saturated rings. The third-order valence-corrected chi connectivity index (χ3v) is 6.73. The number of nitrogens with zero attached hydrogens (tertiary/aromatic N) is 4. The summed E-state index contributed by atoms with van der Waals surface area (Å²) >= 11 is 0. The molecule has 0 radical (unpaired) electrons. The van der Waals surface area contributed by atoms with Crippen LogP contribution in [-0.4, -0.2) is 52.9 Å². The van der Waals surface area contributed by atoms with Crippen molar-refractivity contribution in [3.63, 3.8) is 0 Å². The highest BCUT2D eigenvalue weighted by atomic mass is 16.5. The predicted octanol–water partition coefficient (Wildman–Crippen LogP) is 4.92. The fraction of sp³-hybridized carbons (Fsp3) is 0.276. The summed E-state index contributed by atoms with van der Waals surface area (Å²) in [6.07, 6.45) is 7.21. The largest absolute Gasteiger partial charge is 0.497 e. The van der Waals surface area contributed by atoms with Crippen molar-refractivity contribution in [1.82, 2.24) is 19.7 Å². The molecule has 184 valence electrons. The number of benzene rings is 2. The second kappa shape index (κ2) is 10.6. The monoisotopic (exact) mass is 482 g/mol. The van der Waals surface area contributed by atoms with E-state index in [0.717, 1.165) is 48.1 Å². The molecule has 7 nitrogen and oxygen atoms in total. The Morgan fingerprint density at radius 1 is 1.06 bits per heavy atom. The van der Waals surface area contributed by atoms with Crippen LogP contribution in [0.3, 0.4) is 0 Å². The van der Waals surface area contributed by atoms with E-state index in [1.54, 1.807) is 32.6 Å². The molecule has 36 heavy (non-hydrogen) atoms. The number of fused-ring (bicyclic) bond motifs is 1. The Bertz CT molecular complexity index is 1360. The van der Waals surface area contributed by atoms with Crippen LogP contribution in [0.2, 0.25) is 0 Å². The average Bonchev–Trinajstić information content (AvgIpc) is 3.30. The van der Waals surface area contributed by atoms with E-state index in [-0.39, 0.29) is 5.91 Å². The van der Waals surface area contributed by atoms with Crippen molar-refractivity contribution < 1.29 is 14.3 Å². The van der Waals surface area contributed by atoms with E-state index in [4.69, 9.17) is 14.6 Å². The van der Waals surface area contributed by atoms with Crippen LogP contribution in [0.4, 0.5) is 0 Å². The SMILES string of the molecule is COc1ccc(Cn2nc(C=CC(=O)N3CCC[C@H](c4ccccc4)C3)c3c(OC)nccc32)cc1. The molecule has 5 rings (SSSR count). The molecular weight excluding hydrogens is 452 g/mol. The second-order valence-electron chi connectivity index (χ2n) is 8.97. The number of likely N-dealkylation sites (tertiary alicyclic amines) is 1. The molecule has 0 spiro atoms. The minimum atomic E-state index is -0.00339. The van der Waals surface area contributed by atoms with Gasteiger partial charge in [0.25, 0.3) is 0 Å². The number of ether oxygens (including phenoxy) is 2. The molecule has 1 aliphatic heterocycles. The summed E-state index contributed by atoms with van der Waals surface area (Å²) in [6, 6.07) is 20.3. The van der Waals surface area contributed by atoms with Gasteiger partial charge in [-0.25, -0.2) is 4.98 Å². The highest BCUT2D eigenvalue weighted by Crippen LogP contribution is 2.29. The Morgan fingerprint density at radius 3 is 2.61 bits per heavy atom. The maximum absolute atomic E-state index is 13.1. The van der Waals surface area contributed by atoms with E-state index in [1.807, 2.05) is 46.0 Å². The zero-order chi connectivity index (χ0) is 24.9. The first-order valence-electron chi connectivity index (χ1n) is 12.2. The van der Waals surface area contributed by atoms with Gasteiger partial charge in [0.1, 0.15) is 5.75 Å². The first kappa shape index (κ1) is 23.6. The molecule has 0 bridgehead atoms. The molecule has 0 N–H and O–H groups in total. The van der Waals surface area contributed by atoms with Crippen molar-refractivity contribution in [2.75, 3.05) is 27.3 Å². The number of carbonyl (C=O) groups is 1. The molecule has 1 aliphatic rings. The Balaban J connectivity index is 1.39. The van der Waals surface area contributed by atoms with Gasteiger partial charge >= 0.3 is 0 Å². The van der Waals surface area contributed by atoms with E-state index in [9.17, 15) is 4.79 Å². The van der Waals surface area contributed by atoms with Crippen LogP contribution in [0, 0.1) is 0 Å². The highest BCUT2D eigenvalue weighted by Gasteiger charge is 2.24. The van der Waals surface area contributed by atoms with Crippen molar-refractivity contribution in [3.8, 4) is 11.6 Å². The fourth-order valence-electron chi connectivity index (χ4n) is 4.85. The molecule has 0 saturated carbocycles. The van der Waals surface area contributed by atoms with Crippen molar-refractivity contribution in [1.29, 1.82) is 0 Å². The van der Waals surface area contributed by atoms with Crippen molar-refractivity contribution in [2.24, 2.45) is 0 Å². The maximum Gasteiger partial charge on any atom is 0.246 e. The lowest BCUT2D eigenvalue weighted by atomic mass is 9.90. The van der Waals surface area contributed by atoms with Gasteiger partial charge in [-0.2, -0.15) is 5.10 Å². The van der Waals surface area contributed by atoms with Crippen LogP contribution < -0.4 is 9.47 Å². The topological polar surface area (TPSA) is 69.5 Å².